The molecule has 11 heteroatoms. The largest absolute Gasteiger partial charge is 0.490 e. The van der Waals surface area contributed by atoms with Gasteiger partial charge < -0.3 is 30.2 Å². The van der Waals surface area contributed by atoms with Crippen molar-refractivity contribution in [1.82, 2.24) is 16.0 Å². The number of esters is 1. The van der Waals surface area contributed by atoms with Crippen molar-refractivity contribution < 1.29 is 33.4 Å². The van der Waals surface area contributed by atoms with Gasteiger partial charge in [0.25, 0.3) is 0 Å². The maximum atomic E-state index is 13.0. The van der Waals surface area contributed by atoms with Gasteiger partial charge in [-0.3, -0.25) is 9.59 Å². The molecule has 0 fully saturated rings. The molecule has 256 valence electrons. The maximum absolute atomic E-state index is 13.0. The van der Waals surface area contributed by atoms with Crippen molar-refractivity contribution in [2.24, 2.45) is 11.3 Å². The number of thioether (sulfide) groups is 1. The van der Waals surface area contributed by atoms with Crippen LogP contribution < -0.4 is 16.0 Å². The monoisotopic (exact) mass is 659 g/mol. The fraction of sp³-hybridized carbons (Fsp3) is 0.543. The summed E-state index contributed by atoms with van der Waals surface area (Å²) in [6, 6.07) is -0.797. The number of rotatable bonds is 18. The van der Waals surface area contributed by atoms with Gasteiger partial charge in [-0.25, -0.2) is 9.59 Å². The van der Waals surface area contributed by atoms with Crippen molar-refractivity contribution >= 4 is 35.6 Å². The second-order valence-electron chi connectivity index (χ2n) is 12.0. The van der Waals surface area contributed by atoms with E-state index in [-0.39, 0.29) is 29.8 Å². The molecule has 1 aliphatic heterocycles. The molecule has 0 saturated carbocycles. The van der Waals surface area contributed by atoms with E-state index in [0.717, 1.165) is 17.7 Å². The molecule has 0 bridgehead atoms. The average molecular weight is 660 g/mol. The summed E-state index contributed by atoms with van der Waals surface area (Å²) in [7, 11) is 1.44. The van der Waals surface area contributed by atoms with Crippen LogP contribution in [0.3, 0.4) is 0 Å². The van der Waals surface area contributed by atoms with Crippen LogP contribution in [-0.4, -0.2) is 67.8 Å². The zero-order valence-corrected chi connectivity index (χ0v) is 29.4. The highest BCUT2D eigenvalue weighted by Crippen LogP contribution is 2.23. The quantitative estimate of drug-likeness (QED) is 0.0546. The second kappa shape index (κ2) is 21.9. The molecular formula is C35H53N3O7S. The summed E-state index contributed by atoms with van der Waals surface area (Å²) in [5.74, 6) is -0.0518. The van der Waals surface area contributed by atoms with Gasteiger partial charge in [0.1, 0.15) is 18.2 Å². The minimum absolute atomic E-state index is 0.0126. The van der Waals surface area contributed by atoms with Gasteiger partial charge in [-0.1, -0.05) is 75.8 Å². The summed E-state index contributed by atoms with van der Waals surface area (Å²) in [5, 5.41) is 8.30. The second-order valence-corrected chi connectivity index (χ2v) is 13.0. The van der Waals surface area contributed by atoms with Crippen LogP contribution in [0.1, 0.15) is 67.2 Å². The van der Waals surface area contributed by atoms with Crippen LogP contribution in [-0.2, 0) is 28.6 Å². The molecule has 0 aromatic carbocycles. The van der Waals surface area contributed by atoms with E-state index >= 15 is 0 Å². The number of carbonyl (C=O) groups excluding carboxylic acids is 4. The lowest BCUT2D eigenvalue weighted by Gasteiger charge is -2.29. The first-order chi connectivity index (χ1) is 21.8. The van der Waals surface area contributed by atoms with Crippen LogP contribution in [0, 0.1) is 11.3 Å². The molecule has 0 spiro atoms. The number of amides is 3. The molecule has 0 aliphatic carbocycles. The van der Waals surface area contributed by atoms with Crippen LogP contribution in [0.5, 0.6) is 0 Å². The number of allylic oxidation sites excluding steroid dienone is 5. The molecule has 0 saturated heterocycles. The van der Waals surface area contributed by atoms with Crippen LogP contribution >= 0.6 is 11.8 Å². The Balaban J connectivity index is 2.68. The number of nitrogens with one attached hydrogen (secondary N) is 3. The number of alkyl carbamates (subject to hydrolysis) is 1. The molecule has 1 heterocycles. The fourth-order valence-corrected chi connectivity index (χ4v) is 4.79. The van der Waals surface area contributed by atoms with Crippen LogP contribution in [0.15, 0.2) is 72.2 Å². The zero-order chi connectivity index (χ0) is 34.5. The minimum Gasteiger partial charge on any atom is -0.490 e. The van der Waals surface area contributed by atoms with Gasteiger partial charge in [0, 0.05) is 37.8 Å². The Morgan fingerprint density at radius 3 is 2.48 bits per heavy atom. The molecule has 46 heavy (non-hydrogen) atoms. The highest BCUT2D eigenvalue weighted by Gasteiger charge is 2.32. The molecule has 0 unspecified atom stereocenters. The summed E-state index contributed by atoms with van der Waals surface area (Å²) >= 11 is 1.72. The Bertz CT molecular complexity index is 1180. The predicted octanol–water partition coefficient (Wildman–Crippen LogP) is 5.89. The average Bonchev–Trinajstić information content (AvgIpc) is 3.00. The van der Waals surface area contributed by atoms with E-state index in [1.165, 1.54) is 19.4 Å². The molecule has 0 aromatic rings. The van der Waals surface area contributed by atoms with E-state index in [0.29, 0.717) is 25.8 Å². The van der Waals surface area contributed by atoms with Gasteiger partial charge in [0.05, 0.1) is 7.11 Å². The third kappa shape index (κ3) is 16.5. The van der Waals surface area contributed by atoms with Crippen LogP contribution in [0.4, 0.5) is 4.79 Å². The Kier molecular flexibility index (Phi) is 19.2. The van der Waals surface area contributed by atoms with Crippen LogP contribution in [0.2, 0.25) is 0 Å². The third-order valence-electron chi connectivity index (χ3n) is 6.91. The van der Waals surface area contributed by atoms with E-state index in [2.05, 4.69) is 16.0 Å². The molecule has 3 N–H and O–H groups in total. The first-order valence-electron chi connectivity index (χ1n) is 15.6. The van der Waals surface area contributed by atoms with Crippen LogP contribution in [0.25, 0.3) is 0 Å². The van der Waals surface area contributed by atoms with Crippen molar-refractivity contribution in [1.29, 1.82) is 0 Å². The van der Waals surface area contributed by atoms with E-state index in [1.54, 1.807) is 36.1 Å². The Labute approximate surface area is 279 Å². The standard InChI is InChI=1S/C35H53N3O7S/c1-9-10-16-27(44-34(42)37-22-14-23-46-8)17-13-21-36-32(40)31(35(4,5)6)38-30(39)18-12-11-15-25(2)24-26(3)28-19-20-29(43-7)33(41)45-28/h9-13,15,18,20-21,24,26-28,31H,14,16-17,19,22-23H2,1-8H3,(H,36,40)(H,37,42)(H,38,39)/b10-9-,15-11-,18-12-,21-13-,25-24+/t26-,27-,28-,31+/m0/s1. The zero-order valence-electron chi connectivity index (χ0n) is 28.6. The van der Waals surface area contributed by atoms with Crippen molar-refractivity contribution in [2.75, 3.05) is 25.7 Å². The molecule has 0 radical (unpaired) electrons. The summed E-state index contributed by atoms with van der Waals surface area (Å²) in [6.07, 6.45) is 20.7. The molecule has 1 rings (SSSR count). The SMILES string of the molecule is C/C=C\C[C@@H](C/C=C\NC(=O)[C@@H](NC(=O)\C=C/C=C\C(C)=C\[C@H](C)[C@@H]1CC=C(OC)C(=O)O1)C(C)(C)C)OC(=O)NCCCSC. The molecule has 0 aromatic heterocycles. The highest BCUT2D eigenvalue weighted by atomic mass is 32.2. The Morgan fingerprint density at radius 2 is 1.85 bits per heavy atom. The first-order valence-corrected chi connectivity index (χ1v) is 17.0. The number of ether oxygens (including phenoxy) is 3. The van der Waals surface area contributed by atoms with E-state index in [1.807, 2.05) is 72.1 Å². The van der Waals surface area contributed by atoms with Gasteiger partial charge in [-0.15, -0.1) is 0 Å². The molecule has 1 aliphatic rings. The van der Waals surface area contributed by atoms with E-state index in [4.69, 9.17) is 14.2 Å². The number of carbonyl (C=O) groups is 4. The summed E-state index contributed by atoms with van der Waals surface area (Å²) in [4.78, 5) is 49.8. The van der Waals surface area contributed by atoms with Crippen molar-refractivity contribution in [3.05, 3.63) is 72.2 Å². The predicted molar refractivity (Wildman–Crippen MR) is 185 cm³/mol. The van der Waals surface area contributed by atoms with Gasteiger partial charge in [-0.05, 0) is 50.0 Å². The number of hydrogen-bond donors (Lipinski definition) is 3. The smallest absolute Gasteiger partial charge is 0.407 e. The fourth-order valence-electron chi connectivity index (χ4n) is 4.36. The third-order valence-corrected chi connectivity index (χ3v) is 7.60. The van der Waals surface area contributed by atoms with E-state index in [9.17, 15) is 19.2 Å². The number of cyclic esters (lactones) is 1. The first kappa shape index (κ1) is 40.3. The van der Waals surface area contributed by atoms with Crippen molar-refractivity contribution in [2.45, 2.75) is 85.5 Å². The van der Waals surface area contributed by atoms with Gasteiger partial charge in [-0.2, -0.15) is 11.8 Å². The van der Waals surface area contributed by atoms with Crippen molar-refractivity contribution in [3.63, 3.8) is 0 Å². The summed E-state index contributed by atoms with van der Waals surface area (Å²) in [6.45, 7) is 12.0. The lowest BCUT2D eigenvalue weighted by atomic mass is 9.86. The van der Waals surface area contributed by atoms with Crippen molar-refractivity contribution in [3.8, 4) is 0 Å². The van der Waals surface area contributed by atoms with Gasteiger partial charge in [0.2, 0.25) is 11.8 Å². The number of hydrogen-bond acceptors (Lipinski definition) is 8. The molecule has 10 nitrogen and oxygen atoms in total. The summed E-state index contributed by atoms with van der Waals surface area (Å²) in [5.41, 5.74) is 0.388. The van der Waals surface area contributed by atoms with Gasteiger partial charge in [0.15, 0.2) is 5.76 Å². The minimum atomic E-state index is -0.797. The molecule has 4 atom stereocenters. The number of methoxy groups -OCH3 is 1. The Morgan fingerprint density at radius 1 is 1.15 bits per heavy atom. The topological polar surface area (TPSA) is 132 Å². The summed E-state index contributed by atoms with van der Waals surface area (Å²) < 4.78 is 16.0. The highest BCUT2D eigenvalue weighted by molar-refractivity contribution is 7.98. The lowest BCUT2D eigenvalue weighted by Crippen LogP contribution is -2.52. The molecule has 3 amide bonds. The van der Waals surface area contributed by atoms with E-state index < -0.39 is 29.4 Å². The molecular weight excluding hydrogens is 606 g/mol. The lowest BCUT2D eigenvalue weighted by molar-refractivity contribution is -0.151. The maximum Gasteiger partial charge on any atom is 0.407 e. The van der Waals surface area contributed by atoms with Gasteiger partial charge >= 0.3 is 12.1 Å². The Hall–Kier alpha value is -3.73. The normalized spacial score (nSPS) is 17.9.